The van der Waals surface area contributed by atoms with E-state index < -0.39 is 5.54 Å². The summed E-state index contributed by atoms with van der Waals surface area (Å²) in [5, 5.41) is 0.477. The molecule has 0 N–H and O–H groups in total. The quantitative estimate of drug-likeness (QED) is 0.421. The summed E-state index contributed by atoms with van der Waals surface area (Å²) < 4.78 is 0. The lowest BCUT2D eigenvalue weighted by Gasteiger charge is -2.30. The standard InChI is InChI=1S/C25H27N3OS/c1-17-16-21(14-15-22(17)26-4)27-23(29)25(2,3)28(24(27)30)20-12-10-19(11-13-20)18-8-6-5-7-9-18/h10-16,18H,5-9H2,1-3H3. The molecule has 0 aromatic heterocycles. The van der Waals surface area contributed by atoms with E-state index in [2.05, 4.69) is 29.1 Å². The first-order chi connectivity index (χ1) is 14.3. The van der Waals surface area contributed by atoms with Crippen molar-refractivity contribution in [1.82, 2.24) is 0 Å². The van der Waals surface area contributed by atoms with Gasteiger partial charge in [-0.3, -0.25) is 9.69 Å². The number of hydrogen-bond donors (Lipinski definition) is 0. The third-order valence-corrected chi connectivity index (χ3v) is 6.82. The molecule has 2 aromatic rings. The van der Waals surface area contributed by atoms with Gasteiger partial charge in [0.15, 0.2) is 10.8 Å². The highest BCUT2D eigenvalue weighted by molar-refractivity contribution is 7.81. The van der Waals surface area contributed by atoms with Crippen molar-refractivity contribution in [2.45, 2.75) is 64.3 Å². The molecule has 4 nitrogen and oxygen atoms in total. The molecule has 1 aliphatic carbocycles. The van der Waals surface area contributed by atoms with E-state index in [1.165, 1.54) is 37.7 Å². The Bertz CT molecular complexity index is 1030. The molecule has 30 heavy (non-hydrogen) atoms. The largest absolute Gasteiger partial charge is 0.304 e. The molecule has 1 heterocycles. The van der Waals surface area contributed by atoms with Crippen LogP contribution in [0.1, 0.15) is 63.0 Å². The zero-order valence-corrected chi connectivity index (χ0v) is 18.6. The average molecular weight is 418 g/mol. The van der Waals surface area contributed by atoms with Crippen LogP contribution in [0.5, 0.6) is 0 Å². The molecule has 0 spiro atoms. The summed E-state index contributed by atoms with van der Waals surface area (Å²) >= 11 is 5.78. The molecule has 154 valence electrons. The minimum Gasteiger partial charge on any atom is -0.304 e. The summed E-state index contributed by atoms with van der Waals surface area (Å²) in [6.07, 6.45) is 6.49. The maximum Gasteiger partial charge on any atom is 0.259 e. The van der Waals surface area contributed by atoms with E-state index in [0.717, 1.165) is 11.3 Å². The minimum absolute atomic E-state index is 0.0566. The van der Waals surface area contributed by atoms with E-state index in [1.807, 2.05) is 31.7 Å². The molecule has 0 unspecified atom stereocenters. The first-order valence-electron chi connectivity index (χ1n) is 10.6. The lowest BCUT2D eigenvalue weighted by Crippen LogP contribution is -2.44. The van der Waals surface area contributed by atoms with E-state index in [9.17, 15) is 4.79 Å². The highest BCUT2D eigenvalue weighted by atomic mass is 32.1. The second-order valence-electron chi connectivity index (χ2n) is 8.83. The summed E-state index contributed by atoms with van der Waals surface area (Å²) in [6, 6.07) is 14.0. The molecule has 0 radical (unpaired) electrons. The van der Waals surface area contributed by atoms with Crippen molar-refractivity contribution < 1.29 is 4.79 Å². The molecule has 1 saturated heterocycles. The zero-order valence-electron chi connectivity index (χ0n) is 17.8. The molecule has 2 aromatic carbocycles. The van der Waals surface area contributed by atoms with E-state index in [1.54, 1.807) is 17.0 Å². The number of anilines is 2. The van der Waals surface area contributed by atoms with Crippen LogP contribution in [0.25, 0.3) is 4.85 Å². The zero-order chi connectivity index (χ0) is 21.5. The fourth-order valence-electron chi connectivity index (χ4n) is 4.69. The van der Waals surface area contributed by atoms with Crippen LogP contribution in [0.2, 0.25) is 0 Å². The number of carbonyl (C=O) groups excluding carboxylic acids is 1. The smallest absolute Gasteiger partial charge is 0.259 e. The van der Waals surface area contributed by atoms with Gasteiger partial charge in [0.05, 0.1) is 6.57 Å². The van der Waals surface area contributed by atoms with Gasteiger partial charge in [-0.05, 0) is 87.1 Å². The van der Waals surface area contributed by atoms with Gasteiger partial charge in [-0.2, -0.15) is 0 Å². The first-order valence-corrected chi connectivity index (χ1v) is 11.0. The third-order valence-electron chi connectivity index (χ3n) is 6.45. The summed E-state index contributed by atoms with van der Waals surface area (Å²) in [5.74, 6) is 0.590. The number of thiocarbonyl (C=S) groups is 1. The van der Waals surface area contributed by atoms with Crippen molar-refractivity contribution in [3.05, 3.63) is 65.0 Å². The molecule has 1 amide bonds. The number of carbonyl (C=O) groups is 1. The highest BCUT2D eigenvalue weighted by Gasteiger charge is 2.50. The highest BCUT2D eigenvalue weighted by Crippen LogP contribution is 2.39. The molecular formula is C25H27N3OS. The van der Waals surface area contributed by atoms with Gasteiger partial charge in [0, 0.05) is 11.4 Å². The Morgan fingerprint density at radius 1 is 1.03 bits per heavy atom. The van der Waals surface area contributed by atoms with Crippen molar-refractivity contribution in [3.8, 4) is 0 Å². The van der Waals surface area contributed by atoms with Gasteiger partial charge in [-0.1, -0.05) is 37.5 Å². The Labute approximate surface area is 184 Å². The van der Waals surface area contributed by atoms with Crippen molar-refractivity contribution in [1.29, 1.82) is 0 Å². The normalized spacial score (nSPS) is 19.3. The predicted molar refractivity (Wildman–Crippen MR) is 126 cm³/mol. The maximum atomic E-state index is 13.3. The molecule has 2 aliphatic rings. The molecule has 1 saturated carbocycles. The SMILES string of the molecule is [C-]#[N+]c1ccc(N2C(=O)C(C)(C)N(c3ccc(C4CCCCC4)cc3)C2=S)cc1C. The summed E-state index contributed by atoms with van der Waals surface area (Å²) in [7, 11) is 0. The van der Waals surface area contributed by atoms with Crippen molar-refractivity contribution in [3.63, 3.8) is 0 Å². The molecule has 0 bridgehead atoms. The van der Waals surface area contributed by atoms with Crippen LogP contribution < -0.4 is 9.80 Å². The van der Waals surface area contributed by atoms with Crippen LogP contribution >= 0.6 is 12.2 Å². The lowest BCUT2D eigenvalue weighted by atomic mass is 9.84. The van der Waals surface area contributed by atoms with Crippen LogP contribution in [0.4, 0.5) is 17.1 Å². The Morgan fingerprint density at radius 3 is 2.27 bits per heavy atom. The number of hydrogen-bond acceptors (Lipinski definition) is 2. The molecule has 0 atom stereocenters. The Hall–Kier alpha value is -2.71. The van der Waals surface area contributed by atoms with Crippen LogP contribution in [0.15, 0.2) is 42.5 Å². The van der Waals surface area contributed by atoms with Gasteiger partial charge >= 0.3 is 0 Å². The van der Waals surface area contributed by atoms with Crippen molar-refractivity contribution in [2.24, 2.45) is 0 Å². The number of nitrogens with zero attached hydrogens (tertiary/aromatic N) is 3. The van der Waals surface area contributed by atoms with Crippen molar-refractivity contribution in [2.75, 3.05) is 9.80 Å². The van der Waals surface area contributed by atoms with E-state index >= 15 is 0 Å². The van der Waals surface area contributed by atoms with Crippen LogP contribution in [0.3, 0.4) is 0 Å². The lowest BCUT2D eigenvalue weighted by molar-refractivity contribution is -0.120. The second-order valence-corrected chi connectivity index (χ2v) is 9.19. The molecule has 1 aliphatic heterocycles. The fourth-order valence-corrected chi connectivity index (χ4v) is 5.21. The molecule has 5 heteroatoms. The number of benzene rings is 2. The average Bonchev–Trinajstić information content (AvgIpc) is 2.92. The Balaban J connectivity index is 1.65. The first kappa shape index (κ1) is 20.6. The molecular weight excluding hydrogens is 390 g/mol. The fraction of sp³-hybridized carbons (Fsp3) is 0.400. The third kappa shape index (κ3) is 3.40. The summed E-state index contributed by atoms with van der Waals surface area (Å²) in [6.45, 7) is 13.0. The Morgan fingerprint density at radius 2 is 1.67 bits per heavy atom. The molecule has 4 rings (SSSR count). The van der Waals surface area contributed by atoms with Gasteiger partial charge < -0.3 is 4.90 Å². The Kier molecular flexibility index (Phi) is 5.38. The minimum atomic E-state index is -0.782. The van der Waals surface area contributed by atoms with E-state index in [4.69, 9.17) is 18.8 Å². The summed E-state index contributed by atoms with van der Waals surface area (Å²) in [4.78, 5) is 20.4. The topological polar surface area (TPSA) is 27.9 Å². The van der Waals surface area contributed by atoms with Crippen LogP contribution in [-0.2, 0) is 4.79 Å². The van der Waals surface area contributed by atoms with E-state index in [-0.39, 0.29) is 5.91 Å². The van der Waals surface area contributed by atoms with Gasteiger partial charge in [-0.25, -0.2) is 4.85 Å². The van der Waals surface area contributed by atoms with Crippen molar-refractivity contribution >= 4 is 40.3 Å². The number of rotatable bonds is 3. The number of amides is 1. The van der Waals surface area contributed by atoms with Crippen LogP contribution in [0, 0.1) is 13.5 Å². The maximum absolute atomic E-state index is 13.3. The molecule has 2 fully saturated rings. The van der Waals surface area contributed by atoms with Gasteiger partial charge in [0.25, 0.3) is 5.91 Å². The second kappa shape index (κ2) is 7.85. The van der Waals surface area contributed by atoms with Crippen LogP contribution in [-0.4, -0.2) is 16.6 Å². The number of aryl methyl sites for hydroxylation is 1. The predicted octanol–water partition coefficient (Wildman–Crippen LogP) is 6.51. The van der Waals surface area contributed by atoms with Gasteiger partial charge in [-0.15, -0.1) is 0 Å². The van der Waals surface area contributed by atoms with E-state index in [0.29, 0.717) is 22.4 Å². The monoisotopic (exact) mass is 417 g/mol. The summed E-state index contributed by atoms with van der Waals surface area (Å²) in [5.41, 5.74) is 3.68. The van der Waals surface area contributed by atoms with Gasteiger partial charge in [0.2, 0.25) is 0 Å². The van der Waals surface area contributed by atoms with Gasteiger partial charge in [0.1, 0.15) is 5.54 Å².